The molecule has 41 heavy (non-hydrogen) atoms. The summed E-state index contributed by atoms with van der Waals surface area (Å²) in [6.45, 7) is 7.43. The van der Waals surface area contributed by atoms with Crippen molar-refractivity contribution < 1.29 is 17.9 Å². The Morgan fingerprint density at radius 1 is 0.805 bits per heavy atom. The Balaban J connectivity index is 1.34. The van der Waals surface area contributed by atoms with Crippen LogP contribution in [0.3, 0.4) is 0 Å². The van der Waals surface area contributed by atoms with Gasteiger partial charge in [0.15, 0.2) is 0 Å². The van der Waals surface area contributed by atoms with Crippen LogP contribution in [0.25, 0.3) is 11.1 Å². The lowest BCUT2D eigenvalue weighted by Gasteiger charge is -2.35. The van der Waals surface area contributed by atoms with Gasteiger partial charge in [-0.1, -0.05) is 41.4 Å². The van der Waals surface area contributed by atoms with E-state index in [-0.39, 0.29) is 16.4 Å². The highest BCUT2D eigenvalue weighted by Crippen LogP contribution is 2.39. The van der Waals surface area contributed by atoms with Crippen LogP contribution >= 0.6 is 23.2 Å². The number of halogens is 2. The van der Waals surface area contributed by atoms with Crippen molar-refractivity contribution in [3.63, 3.8) is 0 Å². The van der Waals surface area contributed by atoms with Crippen LogP contribution in [0.1, 0.15) is 29.6 Å². The second kappa shape index (κ2) is 13.1. The Morgan fingerprint density at radius 2 is 1.49 bits per heavy atom. The zero-order valence-electron chi connectivity index (χ0n) is 22.8. The van der Waals surface area contributed by atoms with Crippen LogP contribution in [0.2, 0.25) is 10.0 Å². The number of hydrogen-bond donors (Lipinski definition) is 1. The molecular formula is C30H34Cl2N4O4S. The number of ether oxygens (including phenoxy) is 1. The van der Waals surface area contributed by atoms with E-state index in [1.165, 1.54) is 38.1 Å². The van der Waals surface area contributed by atoms with Gasteiger partial charge in [0.1, 0.15) is 11.5 Å². The molecule has 218 valence electrons. The number of hydrogen-bond acceptors (Lipinski definition) is 6. The van der Waals surface area contributed by atoms with Gasteiger partial charge in [-0.2, -0.15) is 0 Å². The first-order valence-corrected chi connectivity index (χ1v) is 16.1. The fourth-order valence-corrected chi connectivity index (χ4v) is 6.64. The molecule has 0 atom stereocenters. The Kier molecular flexibility index (Phi) is 9.53. The van der Waals surface area contributed by atoms with E-state index >= 15 is 0 Å². The van der Waals surface area contributed by atoms with E-state index in [9.17, 15) is 13.2 Å². The summed E-state index contributed by atoms with van der Waals surface area (Å²) >= 11 is 12.3. The molecule has 0 bridgehead atoms. The van der Waals surface area contributed by atoms with Crippen LogP contribution < -0.4 is 9.88 Å². The van der Waals surface area contributed by atoms with Crippen LogP contribution in [-0.2, 0) is 10.0 Å². The SMILES string of the molecule is NS(=O)(=O)c1ccc(C(=O)N2CCN(CCCN3CCCC3)CC2)cc1-c1ccccc1Oc1ccc(Cl)cc1Cl. The summed E-state index contributed by atoms with van der Waals surface area (Å²) in [5.41, 5.74) is 1.12. The van der Waals surface area contributed by atoms with Crippen LogP contribution in [0.15, 0.2) is 65.6 Å². The molecular weight excluding hydrogens is 583 g/mol. The zero-order valence-corrected chi connectivity index (χ0v) is 25.1. The molecule has 2 heterocycles. The quantitative estimate of drug-likeness (QED) is 0.348. The Hall–Kier alpha value is -2.66. The van der Waals surface area contributed by atoms with Crippen molar-refractivity contribution in [1.82, 2.24) is 14.7 Å². The molecule has 3 aromatic rings. The van der Waals surface area contributed by atoms with Crippen LogP contribution in [0, 0.1) is 0 Å². The summed E-state index contributed by atoms with van der Waals surface area (Å²) < 4.78 is 31.2. The third-order valence-electron chi connectivity index (χ3n) is 7.63. The molecule has 3 aromatic carbocycles. The van der Waals surface area contributed by atoms with Crippen molar-refractivity contribution in [3.05, 3.63) is 76.3 Å². The fourth-order valence-electron chi connectivity index (χ4n) is 5.46. The second-order valence-corrected chi connectivity index (χ2v) is 12.8. The van der Waals surface area contributed by atoms with Gasteiger partial charge in [-0.3, -0.25) is 9.69 Å². The molecule has 2 aliphatic rings. The van der Waals surface area contributed by atoms with Gasteiger partial charge >= 0.3 is 0 Å². The fraction of sp³-hybridized carbons (Fsp3) is 0.367. The van der Waals surface area contributed by atoms with Gasteiger partial charge in [0, 0.05) is 47.9 Å². The van der Waals surface area contributed by atoms with Crippen molar-refractivity contribution in [2.24, 2.45) is 5.14 Å². The molecule has 2 saturated heterocycles. The van der Waals surface area contributed by atoms with Crippen LogP contribution in [0.4, 0.5) is 0 Å². The molecule has 1 amide bonds. The number of piperazine rings is 1. The third kappa shape index (κ3) is 7.41. The van der Waals surface area contributed by atoms with Crippen LogP contribution in [0.5, 0.6) is 11.5 Å². The van der Waals surface area contributed by atoms with E-state index < -0.39 is 10.0 Å². The number of sulfonamides is 1. The number of likely N-dealkylation sites (tertiary alicyclic amines) is 1. The molecule has 0 unspecified atom stereocenters. The maximum absolute atomic E-state index is 13.6. The van der Waals surface area contributed by atoms with Crippen molar-refractivity contribution in [2.75, 3.05) is 52.4 Å². The predicted octanol–water partition coefficient (Wildman–Crippen LogP) is 5.34. The predicted molar refractivity (Wildman–Crippen MR) is 162 cm³/mol. The Labute approximate surface area is 251 Å². The first-order chi connectivity index (χ1) is 19.7. The Morgan fingerprint density at radius 3 is 2.17 bits per heavy atom. The number of nitrogens with two attached hydrogens (primary N) is 1. The zero-order chi connectivity index (χ0) is 29.0. The topological polar surface area (TPSA) is 96.2 Å². The summed E-state index contributed by atoms with van der Waals surface area (Å²) in [4.78, 5) is 20.2. The van der Waals surface area contributed by atoms with E-state index in [2.05, 4.69) is 9.80 Å². The summed E-state index contributed by atoms with van der Waals surface area (Å²) in [6.07, 6.45) is 3.74. The average Bonchev–Trinajstić information content (AvgIpc) is 3.48. The maximum Gasteiger partial charge on any atom is 0.253 e. The molecule has 2 N–H and O–H groups in total. The van der Waals surface area contributed by atoms with E-state index in [0.29, 0.717) is 45.8 Å². The van der Waals surface area contributed by atoms with E-state index in [4.69, 9.17) is 33.1 Å². The van der Waals surface area contributed by atoms with Crippen molar-refractivity contribution in [2.45, 2.75) is 24.2 Å². The number of carbonyl (C=O) groups excluding carboxylic acids is 1. The number of para-hydroxylation sites is 1. The van der Waals surface area contributed by atoms with Crippen LogP contribution in [-0.4, -0.2) is 81.4 Å². The summed E-state index contributed by atoms with van der Waals surface area (Å²) in [5, 5.41) is 6.36. The lowest BCUT2D eigenvalue weighted by molar-refractivity contribution is 0.0633. The van der Waals surface area contributed by atoms with Gasteiger partial charge in [0.2, 0.25) is 10.0 Å². The summed E-state index contributed by atoms with van der Waals surface area (Å²) in [6, 6.07) is 16.3. The molecule has 2 aliphatic heterocycles. The Bertz CT molecular complexity index is 1500. The van der Waals surface area contributed by atoms with E-state index in [0.717, 1.165) is 32.6 Å². The van der Waals surface area contributed by atoms with E-state index in [1.54, 1.807) is 48.5 Å². The number of nitrogens with zero attached hydrogens (tertiary/aromatic N) is 3. The average molecular weight is 618 g/mol. The third-order valence-corrected chi connectivity index (χ3v) is 9.13. The van der Waals surface area contributed by atoms with Gasteiger partial charge in [-0.25, -0.2) is 13.6 Å². The minimum atomic E-state index is -4.11. The molecule has 0 aromatic heterocycles. The standard InChI is InChI=1S/C30H34Cl2N4O4S/c31-23-9-10-28(26(32)21-23)40-27-7-2-1-6-24(27)25-20-22(8-11-29(25)41(33,38)39)30(37)36-18-16-35(17-19-36)15-5-14-34-12-3-4-13-34/h1-2,6-11,20-21H,3-5,12-19H2,(H2,33,38,39). The largest absolute Gasteiger partial charge is 0.455 e. The minimum Gasteiger partial charge on any atom is -0.455 e. The van der Waals surface area contributed by atoms with Gasteiger partial charge in [0.25, 0.3) is 5.91 Å². The monoisotopic (exact) mass is 616 g/mol. The first kappa shape index (κ1) is 29.8. The highest BCUT2D eigenvalue weighted by atomic mass is 35.5. The molecule has 0 saturated carbocycles. The molecule has 2 fully saturated rings. The second-order valence-electron chi connectivity index (χ2n) is 10.5. The van der Waals surface area contributed by atoms with Gasteiger partial charge in [-0.05, 0) is 87.9 Å². The highest BCUT2D eigenvalue weighted by Gasteiger charge is 2.25. The molecule has 0 spiro atoms. The van der Waals surface area contributed by atoms with Gasteiger partial charge in [0.05, 0.1) is 9.92 Å². The normalized spacial score (nSPS) is 16.7. The maximum atomic E-state index is 13.6. The number of amides is 1. The van der Waals surface area contributed by atoms with Crippen molar-refractivity contribution in [3.8, 4) is 22.6 Å². The molecule has 8 nitrogen and oxygen atoms in total. The van der Waals surface area contributed by atoms with Crippen molar-refractivity contribution in [1.29, 1.82) is 0 Å². The molecule has 5 rings (SSSR count). The van der Waals surface area contributed by atoms with Crippen molar-refractivity contribution >= 4 is 39.1 Å². The number of benzene rings is 3. The van der Waals surface area contributed by atoms with E-state index in [1.807, 2.05) is 4.90 Å². The lowest BCUT2D eigenvalue weighted by Crippen LogP contribution is -2.49. The number of rotatable bonds is 9. The van der Waals surface area contributed by atoms with Gasteiger partial charge in [-0.15, -0.1) is 0 Å². The minimum absolute atomic E-state index is 0.102. The first-order valence-electron chi connectivity index (χ1n) is 13.8. The smallest absolute Gasteiger partial charge is 0.253 e. The van der Waals surface area contributed by atoms with Gasteiger partial charge < -0.3 is 14.5 Å². The molecule has 0 aliphatic carbocycles. The highest BCUT2D eigenvalue weighted by molar-refractivity contribution is 7.89. The molecule has 11 heteroatoms. The summed E-state index contributed by atoms with van der Waals surface area (Å²) in [5.74, 6) is 0.558. The number of primary sulfonamides is 1. The summed E-state index contributed by atoms with van der Waals surface area (Å²) in [7, 11) is -4.11. The number of carbonyl (C=O) groups is 1. The lowest BCUT2D eigenvalue weighted by atomic mass is 10.0. The molecule has 0 radical (unpaired) electrons.